The first-order valence-electron chi connectivity index (χ1n) is 5.29. The van der Waals surface area contributed by atoms with E-state index in [1.165, 1.54) is 0 Å². The van der Waals surface area contributed by atoms with Crippen molar-refractivity contribution in [3.8, 4) is 17.6 Å². The molecule has 0 aromatic heterocycles. The summed E-state index contributed by atoms with van der Waals surface area (Å²) in [4.78, 5) is 0. The molecule has 2 heteroatoms. The van der Waals surface area contributed by atoms with Crippen molar-refractivity contribution in [3.05, 3.63) is 29.8 Å². The molecule has 0 heterocycles. The summed E-state index contributed by atoms with van der Waals surface area (Å²) in [5.41, 5.74) is 0.748. The minimum absolute atomic E-state index is 0.143. The molecule has 0 fully saturated rings. The Morgan fingerprint density at radius 3 is 2.50 bits per heavy atom. The van der Waals surface area contributed by atoms with Crippen LogP contribution in [-0.4, -0.2) is 19.3 Å². The van der Waals surface area contributed by atoms with Crippen LogP contribution in [0.4, 0.5) is 0 Å². The number of ether oxygens (including phenoxy) is 2. The highest BCUT2D eigenvalue weighted by atomic mass is 16.5. The van der Waals surface area contributed by atoms with E-state index in [1.807, 2.05) is 45.0 Å². The fourth-order valence-corrected chi connectivity index (χ4v) is 1.13. The molecule has 0 unspecified atom stereocenters. The lowest BCUT2D eigenvalue weighted by Crippen LogP contribution is -2.19. The Morgan fingerprint density at radius 2 is 1.88 bits per heavy atom. The molecule has 0 saturated carbocycles. The van der Waals surface area contributed by atoms with E-state index >= 15 is 0 Å². The number of hydrogen-bond donors (Lipinski definition) is 0. The minimum Gasteiger partial charge on any atom is -0.495 e. The predicted molar refractivity (Wildman–Crippen MR) is 65.6 cm³/mol. The molecular weight excluding hydrogens is 200 g/mol. The standard InChI is InChI=1S/C14H18O2/c1-14(2,3)16-11-7-9-12-8-5-6-10-13(12)15-4/h5-6,8,10H,11H2,1-4H3. The van der Waals surface area contributed by atoms with Crippen LogP contribution in [0.15, 0.2) is 24.3 Å². The molecule has 0 bridgehead atoms. The van der Waals surface area contributed by atoms with E-state index in [9.17, 15) is 0 Å². The van der Waals surface area contributed by atoms with Crippen molar-refractivity contribution < 1.29 is 9.47 Å². The van der Waals surface area contributed by atoms with Crippen molar-refractivity contribution in [2.75, 3.05) is 13.7 Å². The van der Waals surface area contributed by atoms with Crippen LogP contribution >= 0.6 is 0 Å². The van der Waals surface area contributed by atoms with Gasteiger partial charge >= 0.3 is 0 Å². The summed E-state index contributed by atoms with van der Waals surface area (Å²) in [5.74, 6) is 6.81. The maximum atomic E-state index is 5.51. The maximum absolute atomic E-state index is 5.51. The summed E-state index contributed by atoms with van der Waals surface area (Å²) in [6.45, 7) is 6.47. The molecule has 1 rings (SSSR count). The Morgan fingerprint density at radius 1 is 1.19 bits per heavy atom. The third kappa shape index (κ3) is 4.37. The summed E-state index contributed by atoms with van der Waals surface area (Å²) in [7, 11) is 1.65. The number of para-hydroxylation sites is 1. The van der Waals surface area contributed by atoms with Gasteiger partial charge in [-0.25, -0.2) is 0 Å². The minimum atomic E-state index is -0.143. The third-order valence-corrected chi connectivity index (χ3v) is 1.91. The second kappa shape index (κ2) is 5.58. The lowest BCUT2D eigenvalue weighted by molar-refractivity contribution is 0.0181. The van der Waals surface area contributed by atoms with E-state index in [1.54, 1.807) is 7.11 Å². The van der Waals surface area contributed by atoms with Crippen LogP contribution in [0.5, 0.6) is 5.75 Å². The first-order chi connectivity index (χ1) is 7.53. The SMILES string of the molecule is COc1ccccc1C#CCOC(C)(C)C. The molecule has 0 spiro atoms. The fourth-order valence-electron chi connectivity index (χ4n) is 1.13. The van der Waals surface area contributed by atoms with E-state index in [-0.39, 0.29) is 5.60 Å². The molecular formula is C14H18O2. The average molecular weight is 218 g/mol. The number of methoxy groups -OCH3 is 1. The van der Waals surface area contributed by atoms with E-state index in [4.69, 9.17) is 9.47 Å². The zero-order chi connectivity index (χ0) is 12.0. The van der Waals surface area contributed by atoms with Crippen molar-refractivity contribution in [1.29, 1.82) is 0 Å². The highest BCUT2D eigenvalue weighted by Crippen LogP contribution is 2.15. The molecule has 0 atom stereocenters. The number of rotatable bonds is 2. The van der Waals surface area contributed by atoms with Crippen molar-refractivity contribution in [1.82, 2.24) is 0 Å². The van der Waals surface area contributed by atoms with Gasteiger partial charge in [0, 0.05) is 0 Å². The monoisotopic (exact) mass is 218 g/mol. The molecule has 0 N–H and O–H groups in total. The molecule has 1 aromatic carbocycles. The predicted octanol–water partition coefficient (Wildman–Crippen LogP) is 2.86. The van der Waals surface area contributed by atoms with Crippen molar-refractivity contribution in [2.24, 2.45) is 0 Å². The quantitative estimate of drug-likeness (QED) is 0.711. The summed E-state index contributed by atoms with van der Waals surface area (Å²) in [6.07, 6.45) is 0. The van der Waals surface area contributed by atoms with Gasteiger partial charge in [0.25, 0.3) is 0 Å². The topological polar surface area (TPSA) is 18.5 Å². The van der Waals surface area contributed by atoms with Crippen LogP contribution in [0.25, 0.3) is 0 Å². The van der Waals surface area contributed by atoms with Crippen LogP contribution in [0.1, 0.15) is 26.3 Å². The Hall–Kier alpha value is -1.46. The Labute approximate surface area is 97.6 Å². The van der Waals surface area contributed by atoms with Crippen LogP contribution in [-0.2, 0) is 4.74 Å². The average Bonchev–Trinajstić information content (AvgIpc) is 2.23. The van der Waals surface area contributed by atoms with Gasteiger partial charge in [-0.3, -0.25) is 0 Å². The zero-order valence-electron chi connectivity index (χ0n) is 10.3. The molecule has 0 saturated heterocycles. The van der Waals surface area contributed by atoms with Gasteiger partial charge in [-0.05, 0) is 32.9 Å². The Bertz CT molecular complexity index is 391. The molecule has 86 valence electrons. The lowest BCUT2D eigenvalue weighted by Gasteiger charge is -2.16. The fraction of sp³-hybridized carbons (Fsp3) is 0.429. The van der Waals surface area contributed by atoms with Crippen molar-refractivity contribution in [3.63, 3.8) is 0 Å². The van der Waals surface area contributed by atoms with E-state index in [0.29, 0.717) is 6.61 Å². The normalized spacial score (nSPS) is 10.5. The van der Waals surface area contributed by atoms with Gasteiger partial charge in [0.05, 0.1) is 18.3 Å². The van der Waals surface area contributed by atoms with Gasteiger partial charge in [0.2, 0.25) is 0 Å². The van der Waals surface area contributed by atoms with Crippen LogP contribution in [0.2, 0.25) is 0 Å². The molecule has 0 amide bonds. The molecule has 0 aliphatic heterocycles. The summed E-state index contributed by atoms with van der Waals surface area (Å²) in [6, 6.07) is 7.70. The zero-order valence-corrected chi connectivity index (χ0v) is 10.3. The molecule has 16 heavy (non-hydrogen) atoms. The maximum Gasteiger partial charge on any atom is 0.134 e. The molecule has 2 nitrogen and oxygen atoms in total. The van der Waals surface area contributed by atoms with E-state index in [2.05, 4.69) is 11.8 Å². The molecule has 0 aliphatic carbocycles. The van der Waals surface area contributed by atoms with Crippen LogP contribution in [0, 0.1) is 11.8 Å². The molecule has 0 radical (unpaired) electrons. The molecule has 0 aliphatic rings. The van der Waals surface area contributed by atoms with Gasteiger partial charge in [-0.15, -0.1) is 0 Å². The van der Waals surface area contributed by atoms with Gasteiger partial charge in [0.1, 0.15) is 12.4 Å². The van der Waals surface area contributed by atoms with Crippen molar-refractivity contribution in [2.45, 2.75) is 26.4 Å². The smallest absolute Gasteiger partial charge is 0.134 e. The van der Waals surface area contributed by atoms with Gasteiger partial charge in [-0.1, -0.05) is 24.0 Å². The highest BCUT2D eigenvalue weighted by Gasteiger charge is 2.07. The Kier molecular flexibility index (Phi) is 4.39. The first-order valence-corrected chi connectivity index (χ1v) is 5.29. The van der Waals surface area contributed by atoms with Gasteiger partial charge < -0.3 is 9.47 Å². The molecule has 1 aromatic rings. The second-order valence-electron chi connectivity index (χ2n) is 4.40. The van der Waals surface area contributed by atoms with Crippen molar-refractivity contribution >= 4 is 0 Å². The summed E-state index contributed by atoms with van der Waals surface area (Å²) >= 11 is 0. The number of benzene rings is 1. The lowest BCUT2D eigenvalue weighted by atomic mass is 10.2. The third-order valence-electron chi connectivity index (χ3n) is 1.91. The number of hydrogen-bond acceptors (Lipinski definition) is 2. The highest BCUT2D eigenvalue weighted by molar-refractivity contribution is 5.45. The van der Waals surface area contributed by atoms with Gasteiger partial charge in [-0.2, -0.15) is 0 Å². The summed E-state index contributed by atoms with van der Waals surface area (Å²) in [5, 5.41) is 0. The Balaban J connectivity index is 2.63. The summed E-state index contributed by atoms with van der Waals surface area (Å²) < 4.78 is 10.7. The van der Waals surface area contributed by atoms with Crippen LogP contribution < -0.4 is 4.74 Å². The van der Waals surface area contributed by atoms with E-state index in [0.717, 1.165) is 11.3 Å². The van der Waals surface area contributed by atoms with Crippen LogP contribution in [0.3, 0.4) is 0 Å². The first kappa shape index (κ1) is 12.6. The second-order valence-corrected chi connectivity index (χ2v) is 4.40. The van der Waals surface area contributed by atoms with E-state index < -0.39 is 0 Å². The largest absolute Gasteiger partial charge is 0.495 e. The van der Waals surface area contributed by atoms with Gasteiger partial charge in [0.15, 0.2) is 0 Å².